The number of carbonyl (C=O) groups excluding carboxylic acids is 1. The van der Waals surface area contributed by atoms with Crippen molar-refractivity contribution in [2.45, 2.75) is 4.90 Å². The molecule has 0 aliphatic heterocycles. The topological polar surface area (TPSA) is 142 Å². The minimum Gasteiger partial charge on any atom is -0.362 e. The van der Waals surface area contributed by atoms with E-state index < -0.39 is 16.0 Å². The van der Waals surface area contributed by atoms with Gasteiger partial charge in [0.1, 0.15) is 4.90 Å². The van der Waals surface area contributed by atoms with Crippen LogP contribution < -0.4 is 21.2 Å². The highest BCUT2D eigenvalue weighted by atomic mass is 32.2. The van der Waals surface area contributed by atoms with E-state index in [1.165, 1.54) is 36.8 Å². The average molecular weight is 346 g/mol. The zero-order chi connectivity index (χ0) is 17.6. The van der Waals surface area contributed by atoms with Crippen LogP contribution in [0.15, 0.2) is 66.0 Å². The van der Waals surface area contributed by atoms with Crippen molar-refractivity contribution < 1.29 is 17.6 Å². The van der Waals surface area contributed by atoms with E-state index in [1.807, 2.05) is 4.40 Å². The van der Waals surface area contributed by atoms with Gasteiger partial charge in [0.2, 0.25) is 0 Å². The number of guanidine groups is 1. The van der Waals surface area contributed by atoms with E-state index in [4.69, 9.17) is 11.5 Å². The lowest BCUT2D eigenvalue weighted by atomic mass is 10.2. The molecule has 0 amide bonds. The second kappa shape index (κ2) is 7.38. The van der Waals surface area contributed by atoms with Crippen LogP contribution in [0.25, 0.3) is 0 Å². The first kappa shape index (κ1) is 17.2. The number of nitrogens with zero attached hydrogens (tertiary/aromatic N) is 1. The summed E-state index contributed by atoms with van der Waals surface area (Å²) in [4.78, 5) is 15.7. The smallest absolute Gasteiger partial charge is 0.353 e. The van der Waals surface area contributed by atoms with E-state index in [2.05, 4.69) is 10.3 Å². The maximum atomic E-state index is 11.9. The molecule has 0 unspecified atom stereocenters. The fourth-order valence-electron chi connectivity index (χ4n) is 1.77. The molecule has 6 N–H and O–H groups in total. The van der Waals surface area contributed by atoms with E-state index in [9.17, 15) is 13.2 Å². The van der Waals surface area contributed by atoms with Gasteiger partial charge in [-0.3, -0.25) is 21.2 Å². The zero-order valence-corrected chi connectivity index (χ0v) is 13.3. The second-order valence-electron chi connectivity index (χ2n) is 4.66. The van der Waals surface area contributed by atoms with Crippen molar-refractivity contribution in [1.82, 2.24) is 4.98 Å². The monoisotopic (exact) mass is 346 g/mol. The Bertz CT molecular complexity index is 871. The number of nitrogens with one attached hydrogen (secondary N) is 2. The molecule has 0 fully saturated rings. The van der Waals surface area contributed by atoms with E-state index in [0.717, 1.165) is 0 Å². The lowest BCUT2D eigenvalue weighted by molar-refractivity contribution is -0.270. The Labute approximate surface area is 139 Å². The molecule has 0 spiro atoms. The second-order valence-corrected chi connectivity index (χ2v) is 6.35. The summed E-state index contributed by atoms with van der Waals surface area (Å²) in [5.74, 6) is -0.586. The highest BCUT2D eigenvalue weighted by Gasteiger charge is 2.14. The molecule has 0 aliphatic carbocycles. The summed E-state index contributed by atoms with van der Waals surface area (Å²) in [7, 11) is -3.79. The van der Waals surface area contributed by atoms with Crippen molar-refractivity contribution in [2.75, 3.05) is 5.32 Å². The van der Waals surface area contributed by atoms with Gasteiger partial charge in [0.15, 0.2) is 5.78 Å². The fourth-order valence-corrected chi connectivity index (χ4v) is 2.69. The maximum absolute atomic E-state index is 11.9. The number of anilines is 1. The van der Waals surface area contributed by atoms with Crippen LogP contribution in [0.5, 0.6) is 0 Å². The van der Waals surface area contributed by atoms with Gasteiger partial charge in [-0.15, -0.1) is 0 Å². The first-order valence-electron chi connectivity index (χ1n) is 6.77. The van der Waals surface area contributed by atoms with Crippen molar-refractivity contribution >= 4 is 27.5 Å². The number of ketones is 1. The molecule has 0 saturated carbocycles. The third-order valence-corrected chi connectivity index (χ3v) is 4.26. The van der Waals surface area contributed by atoms with Crippen molar-refractivity contribution in [3.8, 4) is 0 Å². The largest absolute Gasteiger partial charge is 0.362 e. The first-order chi connectivity index (χ1) is 11.4. The molecule has 0 bridgehead atoms. The highest BCUT2D eigenvalue weighted by molar-refractivity contribution is 7.84. The van der Waals surface area contributed by atoms with E-state index >= 15 is 0 Å². The first-order valence-corrected chi connectivity index (χ1v) is 8.25. The van der Waals surface area contributed by atoms with Crippen molar-refractivity contribution in [2.24, 2.45) is 11.5 Å². The Morgan fingerprint density at radius 1 is 1.08 bits per heavy atom. The van der Waals surface area contributed by atoms with Gasteiger partial charge in [0.25, 0.3) is 0 Å². The molecule has 0 aliphatic rings. The number of rotatable bonds is 6. The van der Waals surface area contributed by atoms with Gasteiger partial charge in [0.05, 0.1) is 0 Å². The highest BCUT2D eigenvalue weighted by Crippen LogP contribution is 2.12. The molecule has 2 rings (SSSR count). The van der Waals surface area contributed by atoms with Crippen LogP contribution in [-0.2, 0) is 10.0 Å². The third kappa shape index (κ3) is 4.65. The van der Waals surface area contributed by atoms with E-state index in [1.54, 1.807) is 24.3 Å². The Morgan fingerprint density at radius 3 is 2.29 bits per heavy atom. The Balaban J connectivity index is 2.04. The molecule has 1 aromatic heterocycles. The van der Waals surface area contributed by atoms with Gasteiger partial charge in [-0.25, -0.2) is 0 Å². The van der Waals surface area contributed by atoms with Gasteiger partial charge in [-0.1, -0.05) is 0 Å². The normalized spacial score (nSPS) is 11.2. The molecule has 8 nitrogen and oxygen atoms in total. The molecule has 0 saturated heterocycles. The molecule has 0 radical (unpaired) electrons. The van der Waals surface area contributed by atoms with Crippen LogP contribution in [0.4, 0.5) is 5.69 Å². The van der Waals surface area contributed by atoms with Crippen molar-refractivity contribution in [3.05, 3.63) is 66.6 Å². The molecule has 24 heavy (non-hydrogen) atoms. The van der Waals surface area contributed by atoms with E-state index in [0.29, 0.717) is 11.3 Å². The van der Waals surface area contributed by atoms with Crippen LogP contribution in [0.3, 0.4) is 0 Å². The summed E-state index contributed by atoms with van der Waals surface area (Å²) in [6, 6.07) is 9.07. The number of carbonyl (C=O) groups is 1. The van der Waals surface area contributed by atoms with Crippen LogP contribution >= 0.6 is 0 Å². The fraction of sp³-hybridized carbons (Fsp3) is 0. The van der Waals surface area contributed by atoms with Gasteiger partial charge in [-0.2, -0.15) is 12.8 Å². The number of sulfonamides is 1. The number of nitrogens with two attached hydrogens (primary N) is 2. The summed E-state index contributed by atoms with van der Waals surface area (Å²) in [5, 5.41) is 2.88. The van der Waals surface area contributed by atoms with Crippen LogP contribution in [0, 0.1) is 0 Å². The Morgan fingerprint density at radius 2 is 1.71 bits per heavy atom. The van der Waals surface area contributed by atoms with Gasteiger partial charge in [-0.05, 0) is 36.4 Å². The number of hydrogen-bond acceptors (Lipinski definition) is 5. The van der Waals surface area contributed by atoms with Gasteiger partial charge in [0, 0.05) is 35.9 Å². The molecule has 9 heteroatoms. The van der Waals surface area contributed by atoms with Crippen molar-refractivity contribution in [1.29, 1.82) is 0 Å². The molecule has 1 heterocycles. The van der Waals surface area contributed by atoms with Crippen LogP contribution in [-0.4, -0.2) is 25.1 Å². The molecular formula is C15H16N5O3S+. The number of allylic oxidation sites excluding steroid dienone is 1. The summed E-state index contributed by atoms with van der Waals surface area (Å²) < 4.78 is 25.7. The summed E-state index contributed by atoms with van der Waals surface area (Å²) >= 11 is 0. The summed E-state index contributed by atoms with van der Waals surface area (Å²) in [6.45, 7) is 0. The van der Waals surface area contributed by atoms with Crippen LogP contribution in [0.1, 0.15) is 10.4 Å². The molecule has 2 aromatic rings. The summed E-state index contributed by atoms with van der Waals surface area (Å²) in [5.41, 5.74) is 11.4. The lowest BCUT2D eigenvalue weighted by Crippen LogP contribution is -2.80. The van der Waals surface area contributed by atoms with E-state index in [-0.39, 0.29) is 10.7 Å². The lowest BCUT2D eigenvalue weighted by Gasteiger charge is -2.02. The Kier molecular flexibility index (Phi) is 5.27. The van der Waals surface area contributed by atoms with Crippen molar-refractivity contribution in [3.63, 3.8) is 0 Å². The minimum atomic E-state index is -3.79. The average Bonchev–Trinajstić information content (AvgIpc) is 2.55. The number of pyridine rings is 1. The van der Waals surface area contributed by atoms with Gasteiger partial charge < -0.3 is 5.32 Å². The molecule has 124 valence electrons. The number of hydrogen-bond donors (Lipinski definition) is 4. The number of benzene rings is 1. The van der Waals surface area contributed by atoms with Crippen LogP contribution in [0.2, 0.25) is 0 Å². The quantitative estimate of drug-likeness (QED) is 0.226. The molecule has 1 aromatic carbocycles. The predicted octanol–water partition coefficient (Wildman–Crippen LogP) is -1.07. The predicted molar refractivity (Wildman–Crippen MR) is 89.3 cm³/mol. The standard InChI is InChI=1S/C15H15N5O3S/c16-15(17)20-24(22,23)13-3-1-12(2-4-13)19-10-7-14(21)11-5-8-18-9-6-11/h1-10,19H,(H4,16,17,20)/p+1/b10-7-. The minimum absolute atomic E-state index is 0.0123. The summed E-state index contributed by atoms with van der Waals surface area (Å²) in [6.07, 6.45) is 5.91. The SMILES string of the molecule is NC(N)=[NH+]S(=O)(=O)c1ccc(N/C=C\C(=O)c2ccncc2)cc1. The van der Waals surface area contributed by atoms with Gasteiger partial charge >= 0.3 is 16.0 Å². The zero-order valence-electron chi connectivity index (χ0n) is 12.5. The molecule has 0 atom stereocenters. The third-order valence-electron chi connectivity index (χ3n) is 2.87. The Hall–Kier alpha value is -3.20. The maximum Gasteiger partial charge on any atom is 0.353 e. The molecular weight excluding hydrogens is 330 g/mol. The number of aromatic nitrogens is 1.